The fourth-order valence-electron chi connectivity index (χ4n) is 2.62. The van der Waals surface area contributed by atoms with Crippen molar-refractivity contribution in [1.82, 2.24) is 4.90 Å². The van der Waals surface area contributed by atoms with Crippen LogP contribution in [-0.4, -0.2) is 30.0 Å². The molecule has 0 saturated heterocycles. The highest BCUT2D eigenvalue weighted by atomic mass is 15.3. The number of nitrogens with two attached hydrogens (primary N) is 1. The number of nitrogens with zero attached hydrogens (tertiary/aromatic N) is 2. The number of rotatable bonds is 11. The first kappa shape index (κ1) is 17.2. The average molecular weight is 279 g/mol. The van der Waals surface area contributed by atoms with Gasteiger partial charge in [0.1, 0.15) is 5.84 Å². The van der Waals surface area contributed by atoms with Crippen molar-refractivity contribution in [2.45, 2.75) is 77.8 Å². The summed E-state index contributed by atoms with van der Waals surface area (Å²) in [5, 5.41) is 0. The van der Waals surface area contributed by atoms with Gasteiger partial charge in [-0.2, -0.15) is 0 Å². The van der Waals surface area contributed by atoms with Crippen molar-refractivity contribution < 1.29 is 0 Å². The molecule has 1 rings (SSSR count). The Hall–Kier alpha value is -0.830. The maximum Gasteiger partial charge on any atom is 0.100 e. The number of unbranched alkanes of at least 4 members (excludes halogenated alkanes) is 6. The second kappa shape index (κ2) is 10.9. The minimum atomic E-state index is 0.115. The molecule has 1 atom stereocenters. The van der Waals surface area contributed by atoms with Crippen LogP contribution in [0.4, 0.5) is 0 Å². The summed E-state index contributed by atoms with van der Waals surface area (Å²) in [6.45, 7) is 6.23. The third-order valence-corrected chi connectivity index (χ3v) is 3.87. The molecule has 116 valence electrons. The highest BCUT2D eigenvalue weighted by Crippen LogP contribution is 2.12. The lowest BCUT2D eigenvalue weighted by atomic mass is 10.1. The Labute approximate surface area is 125 Å². The van der Waals surface area contributed by atoms with Gasteiger partial charge in [0, 0.05) is 13.0 Å². The predicted molar refractivity (Wildman–Crippen MR) is 89.0 cm³/mol. The molecule has 0 radical (unpaired) electrons. The van der Waals surface area contributed by atoms with Crippen LogP contribution in [0, 0.1) is 0 Å². The molecule has 0 fully saturated rings. The monoisotopic (exact) mass is 279 g/mol. The van der Waals surface area contributed by atoms with E-state index in [-0.39, 0.29) is 6.17 Å². The Balaban J connectivity index is 1.96. The maximum absolute atomic E-state index is 5.95. The van der Waals surface area contributed by atoms with Crippen molar-refractivity contribution in [2.24, 2.45) is 10.7 Å². The zero-order chi connectivity index (χ0) is 14.6. The third-order valence-electron chi connectivity index (χ3n) is 3.87. The molecule has 0 amide bonds. The molecule has 1 aliphatic heterocycles. The largest absolute Gasteiger partial charge is 0.343 e. The smallest absolute Gasteiger partial charge is 0.100 e. The van der Waals surface area contributed by atoms with Crippen LogP contribution in [0.2, 0.25) is 0 Å². The molecule has 3 heteroatoms. The number of amidine groups is 1. The van der Waals surface area contributed by atoms with E-state index in [1.165, 1.54) is 57.2 Å². The molecule has 20 heavy (non-hydrogen) atoms. The third kappa shape index (κ3) is 7.09. The van der Waals surface area contributed by atoms with Crippen LogP contribution in [0.1, 0.15) is 71.6 Å². The second-order valence-electron chi connectivity index (χ2n) is 5.80. The van der Waals surface area contributed by atoms with Crippen molar-refractivity contribution in [1.29, 1.82) is 0 Å². The standard InChI is InChI=1S/C17H33N3/c1-3-4-5-6-7-8-9-10-11-12-13-17-19-14-15-20(17)16(2)18/h6-7,16H,3-5,8-15,18H2,1-2H3/b7-6+. The fourth-order valence-corrected chi connectivity index (χ4v) is 2.62. The van der Waals surface area contributed by atoms with Gasteiger partial charge < -0.3 is 10.6 Å². The van der Waals surface area contributed by atoms with Crippen LogP contribution < -0.4 is 5.73 Å². The molecule has 1 heterocycles. The van der Waals surface area contributed by atoms with Gasteiger partial charge in [-0.3, -0.25) is 4.99 Å². The van der Waals surface area contributed by atoms with Gasteiger partial charge in [-0.1, -0.05) is 44.8 Å². The predicted octanol–water partition coefficient (Wildman–Crippen LogP) is 4.09. The Bertz CT molecular complexity index is 295. The summed E-state index contributed by atoms with van der Waals surface area (Å²) in [5.74, 6) is 1.24. The zero-order valence-electron chi connectivity index (χ0n) is 13.5. The highest BCUT2D eigenvalue weighted by molar-refractivity contribution is 5.83. The summed E-state index contributed by atoms with van der Waals surface area (Å²) in [7, 11) is 0. The van der Waals surface area contributed by atoms with E-state index in [9.17, 15) is 0 Å². The lowest BCUT2D eigenvalue weighted by molar-refractivity contribution is 0.359. The fraction of sp³-hybridized carbons (Fsp3) is 0.824. The van der Waals surface area contributed by atoms with Gasteiger partial charge in [0.05, 0.1) is 12.7 Å². The Morgan fingerprint density at radius 3 is 2.55 bits per heavy atom. The van der Waals surface area contributed by atoms with Gasteiger partial charge in [-0.05, 0) is 32.6 Å². The zero-order valence-corrected chi connectivity index (χ0v) is 13.5. The molecular weight excluding hydrogens is 246 g/mol. The van der Waals surface area contributed by atoms with E-state index in [4.69, 9.17) is 5.73 Å². The topological polar surface area (TPSA) is 41.6 Å². The summed E-state index contributed by atoms with van der Waals surface area (Å²) in [6.07, 6.45) is 16.3. The van der Waals surface area contributed by atoms with Crippen molar-refractivity contribution >= 4 is 5.84 Å². The van der Waals surface area contributed by atoms with Crippen molar-refractivity contribution in [3.05, 3.63) is 12.2 Å². The molecule has 0 aromatic carbocycles. The van der Waals surface area contributed by atoms with Crippen molar-refractivity contribution in [3.8, 4) is 0 Å². The lowest BCUT2D eigenvalue weighted by Crippen LogP contribution is -2.41. The second-order valence-corrected chi connectivity index (χ2v) is 5.80. The van der Waals surface area contributed by atoms with E-state index in [0.29, 0.717) is 0 Å². The molecule has 1 aliphatic rings. The maximum atomic E-state index is 5.95. The van der Waals surface area contributed by atoms with E-state index < -0.39 is 0 Å². The number of allylic oxidation sites excluding steroid dienone is 2. The van der Waals surface area contributed by atoms with Gasteiger partial charge in [0.2, 0.25) is 0 Å². The minimum Gasteiger partial charge on any atom is -0.343 e. The van der Waals surface area contributed by atoms with E-state index >= 15 is 0 Å². The Morgan fingerprint density at radius 1 is 1.15 bits per heavy atom. The summed E-state index contributed by atoms with van der Waals surface area (Å²) >= 11 is 0. The number of hydrogen-bond acceptors (Lipinski definition) is 3. The summed E-state index contributed by atoms with van der Waals surface area (Å²) < 4.78 is 0. The van der Waals surface area contributed by atoms with E-state index in [1.807, 2.05) is 6.92 Å². The molecule has 2 N–H and O–H groups in total. The van der Waals surface area contributed by atoms with Gasteiger partial charge in [0.25, 0.3) is 0 Å². The quantitative estimate of drug-likeness (QED) is 0.457. The van der Waals surface area contributed by atoms with E-state index in [2.05, 4.69) is 29.0 Å². The molecule has 0 aliphatic carbocycles. The molecule has 0 saturated carbocycles. The molecule has 0 aromatic heterocycles. The van der Waals surface area contributed by atoms with Crippen LogP contribution in [-0.2, 0) is 0 Å². The highest BCUT2D eigenvalue weighted by Gasteiger charge is 2.18. The summed E-state index contributed by atoms with van der Waals surface area (Å²) in [4.78, 5) is 6.81. The van der Waals surface area contributed by atoms with Crippen LogP contribution in [0.25, 0.3) is 0 Å². The minimum absolute atomic E-state index is 0.115. The Kier molecular flexibility index (Phi) is 9.38. The molecule has 0 spiro atoms. The summed E-state index contributed by atoms with van der Waals surface area (Å²) in [5.41, 5.74) is 5.95. The first-order chi connectivity index (χ1) is 9.75. The molecule has 0 bridgehead atoms. The summed E-state index contributed by atoms with van der Waals surface area (Å²) in [6, 6.07) is 0. The van der Waals surface area contributed by atoms with Gasteiger partial charge in [-0.25, -0.2) is 0 Å². The molecule has 3 nitrogen and oxygen atoms in total. The van der Waals surface area contributed by atoms with Crippen LogP contribution in [0.5, 0.6) is 0 Å². The van der Waals surface area contributed by atoms with Crippen LogP contribution in [0.15, 0.2) is 17.1 Å². The van der Waals surface area contributed by atoms with E-state index in [1.54, 1.807) is 0 Å². The SMILES string of the molecule is CCCC/C=C/CCCCCCC1=NCCN1C(C)N. The molecular formula is C17H33N3. The lowest BCUT2D eigenvalue weighted by Gasteiger charge is -2.24. The van der Waals surface area contributed by atoms with Crippen LogP contribution >= 0.6 is 0 Å². The number of aliphatic imine (C=N–C) groups is 1. The van der Waals surface area contributed by atoms with Gasteiger partial charge in [0.15, 0.2) is 0 Å². The van der Waals surface area contributed by atoms with Crippen LogP contribution in [0.3, 0.4) is 0 Å². The Morgan fingerprint density at radius 2 is 1.85 bits per heavy atom. The van der Waals surface area contributed by atoms with Gasteiger partial charge >= 0.3 is 0 Å². The number of hydrogen-bond donors (Lipinski definition) is 1. The first-order valence-corrected chi connectivity index (χ1v) is 8.46. The van der Waals surface area contributed by atoms with Gasteiger partial charge in [-0.15, -0.1) is 0 Å². The molecule has 1 unspecified atom stereocenters. The average Bonchev–Trinajstić information content (AvgIpc) is 2.89. The van der Waals surface area contributed by atoms with E-state index in [0.717, 1.165) is 19.5 Å². The first-order valence-electron chi connectivity index (χ1n) is 8.46. The van der Waals surface area contributed by atoms with Crippen molar-refractivity contribution in [2.75, 3.05) is 13.1 Å². The van der Waals surface area contributed by atoms with Crippen molar-refractivity contribution in [3.63, 3.8) is 0 Å². The molecule has 0 aromatic rings. The normalized spacial score (nSPS) is 16.9.